The zero-order valence-electron chi connectivity index (χ0n) is 15.8. The number of hydrogen-bond acceptors (Lipinski definition) is 5. The van der Waals surface area contributed by atoms with Crippen LogP contribution in [0, 0.1) is 0 Å². The molecule has 3 amide bonds. The fourth-order valence-corrected chi connectivity index (χ4v) is 3.14. The van der Waals surface area contributed by atoms with Crippen molar-refractivity contribution in [3.05, 3.63) is 77.9 Å². The van der Waals surface area contributed by atoms with Gasteiger partial charge in [-0.2, -0.15) is 0 Å². The van der Waals surface area contributed by atoms with E-state index in [1.807, 2.05) is 42.5 Å². The van der Waals surface area contributed by atoms with E-state index >= 15 is 0 Å². The quantitative estimate of drug-likeness (QED) is 0.668. The highest BCUT2D eigenvalue weighted by atomic mass is 16.4. The van der Waals surface area contributed by atoms with Crippen molar-refractivity contribution in [3.63, 3.8) is 0 Å². The summed E-state index contributed by atoms with van der Waals surface area (Å²) >= 11 is 0. The van der Waals surface area contributed by atoms with Crippen LogP contribution in [0.2, 0.25) is 0 Å². The molecule has 29 heavy (non-hydrogen) atoms. The maximum atomic E-state index is 12.7. The Labute approximate surface area is 168 Å². The van der Waals surface area contributed by atoms with Gasteiger partial charge in [-0.3, -0.25) is 9.78 Å². The normalized spacial score (nSPS) is 13.7. The minimum Gasteiger partial charge on any atom is -0.418 e. The number of nitrogens with one attached hydrogen (secondary N) is 1. The molecule has 0 spiro atoms. The van der Waals surface area contributed by atoms with Crippen molar-refractivity contribution >= 4 is 18.0 Å². The number of urea groups is 1. The maximum absolute atomic E-state index is 12.7. The van der Waals surface area contributed by atoms with Crippen molar-refractivity contribution in [1.82, 2.24) is 20.2 Å². The Morgan fingerprint density at radius 2 is 1.86 bits per heavy atom. The topological polar surface area (TPSA) is 91.6 Å². The largest absolute Gasteiger partial charge is 0.418 e. The number of carbonyl (C=O) groups excluding carboxylic acids is 2. The summed E-state index contributed by atoms with van der Waals surface area (Å²) in [7, 11) is 0. The number of oxazole rings is 1. The molecule has 0 aliphatic carbocycles. The molecule has 0 radical (unpaired) electrons. The second-order valence-corrected chi connectivity index (χ2v) is 6.70. The van der Waals surface area contributed by atoms with Crippen LogP contribution in [0.4, 0.5) is 10.8 Å². The van der Waals surface area contributed by atoms with Crippen molar-refractivity contribution in [2.24, 2.45) is 0 Å². The summed E-state index contributed by atoms with van der Waals surface area (Å²) in [5, 5.41) is 2.76. The molecule has 0 bridgehead atoms. The number of aromatic nitrogens is 2. The Balaban J connectivity index is 1.33. The number of nitrogens with zero attached hydrogens (tertiary/aromatic N) is 4. The standard InChI is InChI=1S/C21H21N5O3/c27-19(23-14-17-6-9-22-10-7-17)18-15-24-20(29-18)26-13-12-25(21(26)28)11-8-16-4-2-1-3-5-16/h1-7,9-10,15H,8,11-14H2,(H,23,27). The predicted molar refractivity (Wildman–Crippen MR) is 106 cm³/mol. The molecule has 0 saturated carbocycles. The van der Waals surface area contributed by atoms with Gasteiger partial charge in [0.1, 0.15) is 0 Å². The van der Waals surface area contributed by atoms with Gasteiger partial charge in [-0.15, -0.1) is 0 Å². The number of carbonyl (C=O) groups is 2. The summed E-state index contributed by atoms with van der Waals surface area (Å²) < 4.78 is 5.54. The molecule has 0 unspecified atom stereocenters. The molecule has 2 aromatic heterocycles. The minimum absolute atomic E-state index is 0.0737. The molecule has 1 N–H and O–H groups in total. The number of benzene rings is 1. The van der Waals surface area contributed by atoms with Gasteiger partial charge < -0.3 is 14.6 Å². The molecule has 8 heteroatoms. The molecule has 0 atom stereocenters. The van der Waals surface area contributed by atoms with Gasteiger partial charge in [-0.25, -0.2) is 14.7 Å². The number of anilines is 1. The molecular weight excluding hydrogens is 370 g/mol. The van der Waals surface area contributed by atoms with E-state index < -0.39 is 0 Å². The molecule has 1 fully saturated rings. The second-order valence-electron chi connectivity index (χ2n) is 6.70. The SMILES string of the molecule is O=C(NCc1ccncc1)c1cnc(N2CCN(CCc3ccccc3)C2=O)o1. The zero-order chi connectivity index (χ0) is 20.1. The van der Waals surface area contributed by atoms with E-state index in [1.165, 1.54) is 16.7 Å². The molecule has 3 heterocycles. The van der Waals surface area contributed by atoms with E-state index in [0.29, 0.717) is 26.2 Å². The van der Waals surface area contributed by atoms with E-state index in [9.17, 15) is 9.59 Å². The highest BCUT2D eigenvalue weighted by Gasteiger charge is 2.32. The lowest BCUT2D eigenvalue weighted by Gasteiger charge is -2.16. The van der Waals surface area contributed by atoms with E-state index in [0.717, 1.165) is 12.0 Å². The van der Waals surface area contributed by atoms with Crippen LogP contribution in [0.1, 0.15) is 21.7 Å². The monoisotopic (exact) mass is 391 g/mol. The summed E-state index contributed by atoms with van der Waals surface area (Å²) in [5.41, 5.74) is 2.11. The lowest BCUT2D eigenvalue weighted by Crippen LogP contribution is -2.33. The van der Waals surface area contributed by atoms with Crippen LogP contribution in [-0.2, 0) is 13.0 Å². The summed E-state index contributed by atoms with van der Waals surface area (Å²) in [6, 6.07) is 13.7. The van der Waals surface area contributed by atoms with Crippen LogP contribution in [-0.4, -0.2) is 46.4 Å². The number of hydrogen-bond donors (Lipinski definition) is 1. The molecule has 1 aromatic carbocycles. The average molecular weight is 391 g/mol. The lowest BCUT2D eigenvalue weighted by molar-refractivity contribution is 0.0923. The summed E-state index contributed by atoms with van der Waals surface area (Å²) in [6.07, 6.45) is 5.46. The van der Waals surface area contributed by atoms with Gasteiger partial charge in [0.25, 0.3) is 5.91 Å². The molecule has 4 rings (SSSR count). The zero-order valence-corrected chi connectivity index (χ0v) is 15.8. The minimum atomic E-state index is -0.381. The van der Waals surface area contributed by atoms with Gasteiger partial charge in [0.05, 0.1) is 6.20 Å². The van der Waals surface area contributed by atoms with Crippen LogP contribution in [0.15, 0.2) is 65.5 Å². The van der Waals surface area contributed by atoms with Crippen molar-refractivity contribution in [1.29, 1.82) is 0 Å². The number of rotatable bonds is 7. The van der Waals surface area contributed by atoms with E-state index in [-0.39, 0.29) is 23.7 Å². The highest BCUT2D eigenvalue weighted by Crippen LogP contribution is 2.20. The Bertz CT molecular complexity index is 974. The Hall–Kier alpha value is -3.68. The molecule has 8 nitrogen and oxygen atoms in total. The first-order chi connectivity index (χ1) is 14.2. The van der Waals surface area contributed by atoms with Gasteiger partial charge in [0.2, 0.25) is 5.76 Å². The Morgan fingerprint density at radius 3 is 2.66 bits per heavy atom. The summed E-state index contributed by atoms with van der Waals surface area (Å²) in [6.45, 7) is 2.05. The smallest absolute Gasteiger partial charge is 0.328 e. The van der Waals surface area contributed by atoms with Crippen LogP contribution in [0.5, 0.6) is 0 Å². The molecular formula is C21H21N5O3. The van der Waals surface area contributed by atoms with Crippen LogP contribution < -0.4 is 10.2 Å². The fraction of sp³-hybridized carbons (Fsp3) is 0.238. The lowest BCUT2D eigenvalue weighted by atomic mass is 10.1. The summed E-state index contributed by atoms with van der Waals surface area (Å²) in [5.74, 6) is -0.308. The summed E-state index contributed by atoms with van der Waals surface area (Å²) in [4.78, 5) is 36.2. The first kappa shape index (κ1) is 18.7. The van der Waals surface area contributed by atoms with Crippen molar-refractivity contribution in [2.45, 2.75) is 13.0 Å². The average Bonchev–Trinajstić information content (AvgIpc) is 3.39. The number of amides is 3. The fourth-order valence-electron chi connectivity index (χ4n) is 3.14. The van der Waals surface area contributed by atoms with Gasteiger partial charge in [-0.05, 0) is 29.7 Å². The van der Waals surface area contributed by atoms with E-state index in [4.69, 9.17) is 4.42 Å². The highest BCUT2D eigenvalue weighted by molar-refractivity contribution is 5.94. The van der Waals surface area contributed by atoms with E-state index in [2.05, 4.69) is 15.3 Å². The van der Waals surface area contributed by atoms with Gasteiger partial charge in [0.15, 0.2) is 0 Å². The van der Waals surface area contributed by atoms with Gasteiger partial charge in [0, 0.05) is 38.6 Å². The Kier molecular flexibility index (Phi) is 5.51. The molecule has 1 aliphatic rings. The predicted octanol–water partition coefficient (Wildman–Crippen LogP) is 2.48. The van der Waals surface area contributed by atoms with Crippen LogP contribution >= 0.6 is 0 Å². The third kappa shape index (κ3) is 4.43. The molecule has 3 aromatic rings. The van der Waals surface area contributed by atoms with Gasteiger partial charge >= 0.3 is 12.0 Å². The third-order valence-corrected chi connectivity index (χ3v) is 4.76. The Morgan fingerprint density at radius 1 is 1.07 bits per heavy atom. The van der Waals surface area contributed by atoms with Crippen molar-refractivity contribution in [2.75, 3.05) is 24.5 Å². The number of pyridine rings is 1. The van der Waals surface area contributed by atoms with Crippen molar-refractivity contribution in [3.8, 4) is 0 Å². The second kappa shape index (κ2) is 8.55. The van der Waals surface area contributed by atoms with E-state index in [1.54, 1.807) is 17.3 Å². The van der Waals surface area contributed by atoms with Gasteiger partial charge in [-0.1, -0.05) is 30.3 Å². The first-order valence-corrected chi connectivity index (χ1v) is 9.44. The third-order valence-electron chi connectivity index (χ3n) is 4.76. The molecule has 1 aliphatic heterocycles. The molecule has 1 saturated heterocycles. The maximum Gasteiger partial charge on any atom is 0.328 e. The van der Waals surface area contributed by atoms with Crippen LogP contribution in [0.25, 0.3) is 0 Å². The van der Waals surface area contributed by atoms with Crippen molar-refractivity contribution < 1.29 is 14.0 Å². The molecule has 148 valence electrons. The first-order valence-electron chi connectivity index (χ1n) is 9.44. The van der Waals surface area contributed by atoms with Crippen LogP contribution in [0.3, 0.4) is 0 Å².